The fraction of sp³-hybridized carbons (Fsp3) is 0. The average molecular weight is 440 g/mol. The van der Waals surface area contributed by atoms with Crippen LogP contribution in [0.3, 0.4) is 0 Å². The molecule has 0 spiro atoms. The zero-order valence-corrected chi connectivity index (χ0v) is 17.3. The van der Waals surface area contributed by atoms with Crippen LogP contribution in [0.4, 0.5) is 5.13 Å². The molecule has 2 aromatic heterocycles. The number of furan rings is 1. The zero-order chi connectivity index (χ0) is 20.2. The predicted octanol–water partition coefficient (Wildman–Crippen LogP) is 5.74. The third-order valence-electron chi connectivity index (χ3n) is 3.91. The maximum atomic E-state index is 12.1. The fourth-order valence-corrected chi connectivity index (χ4v) is 3.84. The molecule has 2 N–H and O–H groups in total. The third kappa shape index (κ3) is 4.89. The van der Waals surface area contributed by atoms with Crippen LogP contribution in [-0.4, -0.2) is 16.0 Å². The van der Waals surface area contributed by atoms with Crippen LogP contribution in [-0.2, 0) is 4.79 Å². The summed E-state index contributed by atoms with van der Waals surface area (Å²) in [7, 11) is 0. The summed E-state index contributed by atoms with van der Waals surface area (Å²) in [4.78, 5) is 16.5. The monoisotopic (exact) mass is 439 g/mol. The normalized spacial score (nSPS) is 11.1. The van der Waals surface area contributed by atoms with Crippen LogP contribution in [0, 0.1) is 0 Å². The highest BCUT2D eigenvalue weighted by Crippen LogP contribution is 2.25. The van der Waals surface area contributed by atoms with Crippen molar-refractivity contribution < 1.29 is 9.21 Å². The summed E-state index contributed by atoms with van der Waals surface area (Å²) in [5, 5.41) is 6.99. The van der Waals surface area contributed by atoms with E-state index in [-0.39, 0.29) is 11.0 Å². The van der Waals surface area contributed by atoms with E-state index in [1.54, 1.807) is 24.3 Å². The summed E-state index contributed by atoms with van der Waals surface area (Å²) in [6.45, 7) is 0. The van der Waals surface area contributed by atoms with Crippen molar-refractivity contribution in [1.29, 1.82) is 0 Å². The quantitative estimate of drug-likeness (QED) is 0.313. The molecular weight excluding hydrogens is 426 g/mol. The van der Waals surface area contributed by atoms with E-state index in [9.17, 15) is 4.79 Å². The Hall–Kier alpha value is -3.00. The molecule has 0 aliphatic rings. The lowest BCUT2D eigenvalue weighted by Crippen LogP contribution is -2.32. The molecule has 0 fully saturated rings. The van der Waals surface area contributed by atoms with E-state index < -0.39 is 0 Å². The van der Waals surface area contributed by atoms with Crippen molar-refractivity contribution >= 4 is 67.6 Å². The summed E-state index contributed by atoms with van der Waals surface area (Å²) in [5.74, 6) is 0.873. The molecule has 0 saturated carbocycles. The van der Waals surface area contributed by atoms with Crippen molar-refractivity contribution in [3.8, 4) is 11.3 Å². The van der Waals surface area contributed by atoms with Gasteiger partial charge in [0.05, 0.1) is 10.2 Å². The predicted molar refractivity (Wildman–Crippen MR) is 122 cm³/mol. The number of fused-ring (bicyclic) bond motifs is 1. The molecule has 1 amide bonds. The highest BCUT2D eigenvalue weighted by molar-refractivity contribution is 7.80. The number of hydrogen-bond donors (Lipinski definition) is 2. The Morgan fingerprint density at radius 1 is 1.10 bits per heavy atom. The first kappa shape index (κ1) is 19.3. The number of thiocarbonyl (C=S) groups is 1. The lowest BCUT2D eigenvalue weighted by molar-refractivity contribution is -0.115. The largest absolute Gasteiger partial charge is 0.457 e. The summed E-state index contributed by atoms with van der Waals surface area (Å²) >= 11 is 12.5. The number of hydrogen-bond acceptors (Lipinski definition) is 5. The van der Waals surface area contributed by atoms with Crippen molar-refractivity contribution in [1.82, 2.24) is 10.3 Å². The van der Waals surface area contributed by atoms with Gasteiger partial charge in [0.2, 0.25) is 5.91 Å². The SMILES string of the molecule is O=C(C=Cc1ccc(-c2ccc(Cl)cc2)o1)NC(=S)Nc1nc2ccccc2s1. The fourth-order valence-electron chi connectivity index (χ4n) is 2.58. The van der Waals surface area contributed by atoms with Crippen LogP contribution in [0.5, 0.6) is 0 Å². The number of carbonyl (C=O) groups excluding carboxylic acids is 1. The lowest BCUT2D eigenvalue weighted by atomic mass is 10.2. The van der Waals surface area contributed by atoms with Crippen LogP contribution >= 0.6 is 35.2 Å². The number of amides is 1. The number of nitrogens with zero attached hydrogens (tertiary/aromatic N) is 1. The van der Waals surface area contributed by atoms with E-state index >= 15 is 0 Å². The van der Waals surface area contributed by atoms with E-state index in [2.05, 4.69) is 15.6 Å². The summed E-state index contributed by atoms with van der Waals surface area (Å²) < 4.78 is 6.77. The molecule has 5 nitrogen and oxygen atoms in total. The van der Waals surface area contributed by atoms with Crippen molar-refractivity contribution in [2.75, 3.05) is 5.32 Å². The summed E-state index contributed by atoms with van der Waals surface area (Å²) in [6.07, 6.45) is 2.94. The molecule has 8 heteroatoms. The van der Waals surface area contributed by atoms with Gasteiger partial charge in [0.15, 0.2) is 10.2 Å². The van der Waals surface area contributed by atoms with E-state index in [0.29, 0.717) is 21.7 Å². The Balaban J connectivity index is 1.34. The smallest absolute Gasteiger partial charge is 0.250 e. The van der Waals surface area contributed by atoms with Gasteiger partial charge in [-0.25, -0.2) is 4.98 Å². The highest BCUT2D eigenvalue weighted by atomic mass is 35.5. The Bertz CT molecular complexity index is 1180. The second-order valence-corrected chi connectivity index (χ2v) is 7.85. The number of para-hydroxylation sites is 1. The van der Waals surface area contributed by atoms with E-state index in [1.807, 2.05) is 42.5 Å². The van der Waals surface area contributed by atoms with Gasteiger partial charge in [0, 0.05) is 16.7 Å². The number of nitrogens with one attached hydrogen (secondary N) is 2. The number of rotatable bonds is 4. The molecule has 2 heterocycles. The Kier molecular flexibility index (Phi) is 5.71. The van der Waals surface area contributed by atoms with Crippen molar-refractivity contribution in [3.05, 3.63) is 77.5 Å². The maximum Gasteiger partial charge on any atom is 0.250 e. The topological polar surface area (TPSA) is 67.2 Å². The summed E-state index contributed by atoms with van der Waals surface area (Å²) in [6, 6.07) is 18.7. The molecule has 0 bridgehead atoms. The minimum Gasteiger partial charge on any atom is -0.457 e. The van der Waals surface area contributed by atoms with E-state index in [1.165, 1.54) is 17.4 Å². The molecule has 4 aromatic rings. The molecule has 4 rings (SSSR count). The number of carbonyl (C=O) groups is 1. The molecule has 2 aromatic carbocycles. The highest BCUT2D eigenvalue weighted by Gasteiger charge is 2.07. The molecular formula is C21H14ClN3O2S2. The number of benzene rings is 2. The Morgan fingerprint density at radius 3 is 2.69 bits per heavy atom. The number of anilines is 1. The van der Waals surface area contributed by atoms with Gasteiger partial charge in [-0.15, -0.1) is 0 Å². The first-order valence-corrected chi connectivity index (χ1v) is 10.2. The van der Waals surface area contributed by atoms with Crippen LogP contribution in [0.15, 0.2) is 71.2 Å². The zero-order valence-electron chi connectivity index (χ0n) is 14.9. The molecule has 29 heavy (non-hydrogen) atoms. The van der Waals surface area contributed by atoms with Crippen LogP contribution < -0.4 is 10.6 Å². The van der Waals surface area contributed by atoms with Gasteiger partial charge >= 0.3 is 0 Å². The first-order chi connectivity index (χ1) is 14.1. The van der Waals surface area contributed by atoms with Crippen LogP contribution in [0.2, 0.25) is 5.02 Å². The molecule has 0 unspecified atom stereocenters. The van der Waals surface area contributed by atoms with Gasteiger partial charge in [-0.2, -0.15) is 0 Å². The maximum absolute atomic E-state index is 12.1. The Labute approximate surface area is 181 Å². The standard InChI is InChI=1S/C21H14ClN3O2S2/c22-14-7-5-13(6-8-14)17-11-9-15(27-17)10-12-19(26)24-20(28)25-21-23-16-3-1-2-4-18(16)29-21/h1-12H,(H2,23,24,25,26,28). The van der Waals surface area contributed by atoms with Gasteiger partial charge in [0.25, 0.3) is 0 Å². The van der Waals surface area contributed by atoms with Crippen molar-refractivity contribution in [2.45, 2.75) is 0 Å². The van der Waals surface area contributed by atoms with Crippen LogP contribution in [0.25, 0.3) is 27.6 Å². The van der Waals surface area contributed by atoms with E-state index in [4.69, 9.17) is 28.2 Å². The number of aromatic nitrogens is 1. The van der Waals surface area contributed by atoms with Crippen LogP contribution in [0.1, 0.15) is 5.76 Å². The van der Waals surface area contributed by atoms with Gasteiger partial charge in [-0.1, -0.05) is 35.1 Å². The lowest BCUT2D eigenvalue weighted by Gasteiger charge is -2.04. The molecule has 0 atom stereocenters. The minimum absolute atomic E-state index is 0.181. The van der Waals surface area contributed by atoms with Gasteiger partial charge in [0.1, 0.15) is 11.5 Å². The molecule has 144 valence electrons. The van der Waals surface area contributed by atoms with Gasteiger partial charge < -0.3 is 9.73 Å². The second kappa shape index (κ2) is 8.57. The molecule has 0 radical (unpaired) electrons. The second-order valence-electron chi connectivity index (χ2n) is 5.97. The minimum atomic E-state index is -0.368. The molecule has 0 aliphatic heterocycles. The molecule has 0 saturated heterocycles. The number of halogens is 1. The first-order valence-electron chi connectivity index (χ1n) is 8.58. The van der Waals surface area contributed by atoms with Crippen molar-refractivity contribution in [3.63, 3.8) is 0 Å². The Morgan fingerprint density at radius 2 is 1.90 bits per heavy atom. The van der Waals surface area contributed by atoms with Gasteiger partial charge in [-0.05, 0) is 66.8 Å². The third-order valence-corrected chi connectivity index (χ3v) is 5.31. The van der Waals surface area contributed by atoms with E-state index in [0.717, 1.165) is 15.8 Å². The van der Waals surface area contributed by atoms with Crippen molar-refractivity contribution in [2.24, 2.45) is 0 Å². The average Bonchev–Trinajstić information content (AvgIpc) is 3.33. The number of thiazole rings is 1. The van der Waals surface area contributed by atoms with Gasteiger partial charge in [-0.3, -0.25) is 10.1 Å². The molecule has 0 aliphatic carbocycles. The summed E-state index contributed by atoms with van der Waals surface area (Å²) in [5.41, 5.74) is 1.78.